The Bertz CT molecular complexity index is 3600. The summed E-state index contributed by atoms with van der Waals surface area (Å²) in [5.74, 6) is -5.24. The number of piperazine rings is 1. The van der Waals surface area contributed by atoms with Crippen LogP contribution in [0.1, 0.15) is 116 Å². The standard InChI is InChI=1S/C73H99ClN12O18/c1-43(2)36-55-69(95)103-56(13-10-14-60(89)81-54(38-48-17-22-57(99-9)52(74)37-48)66(92)78-42-73(7,8)70(96)83-55)45(5)64-65(104-64)49-18-15-47(16-19-49)40-84-29-31-85(32-30-84)72(98)102-41-50-20-21-51(39-58(50)101-35-34-100-33-27-76-59(88)25-28-86-61(90)23-24-62(86)91)80-67(93)53(12-11-26-77-71(75)97)82-68(94)63(44(3)4)79-46(6)87/h10,14-24,37,39,43-45,53-56,63-65H,11-13,25-36,38,40-42H2,1-9H3,(H,76,88)(H,78,92)(H,79,87)(H,80,93)(H,81,89)(H,82,94)(H,83,96)(H3,75,77,97)/b14-10+/t45-,53-,54+,55-,56-,63?,64+,65+/m0/s1. The van der Waals surface area contributed by atoms with Gasteiger partial charge in [0, 0.05) is 120 Å². The molecule has 2 saturated heterocycles. The first-order valence-electron chi connectivity index (χ1n) is 35.0. The van der Waals surface area contributed by atoms with Crippen LogP contribution in [0.5, 0.6) is 11.5 Å². The first kappa shape index (κ1) is 81.6. The quantitative estimate of drug-likeness (QED) is 0.0184. The number of imide groups is 1. The van der Waals surface area contributed by atoms with Crippen molar-refractivity contribution in [3.8, 4) is 11.5 Å². The first-order valence-corrected chi connectivity index (χ1v) is 35.4. The summed E-state index contributed by atoms with van der Waals surface area (Å²) < 4.78 is 35.6. The Kier molecular flexibility index (Phi) is 30.8. The number of primary amides is 1. The van der Waals surface area contributed by atoms with Crippen LogP contribution in [0.25, 0.3) is 0 Å². The molecule has 4 aliphatic rings. The molecule has 566 valence electrons. The van der Waals surface area contributed by atoms with Gasteiger partial charge in [0.1, 0.15) is 61.1 Å². The Labute approximate surface area is 610 Å². The molecule has 3 aromatic rings. The number of carbonyl (C=O) groups is 12. The van der Waals surface area contributed by atoms with Crippen LogP contribution in [-0.4, -0.2) is 202 Å². The lowest BCUT2D eigenvalue weighted by Crippen LogP contribution is -2.54. The van der Waals surface area contributed by atoms with Gasteiger partial charge in [-0.3, -0.25) is 53.0 Å². The van der Waals surface area contributed by atoms with Crippen molar-refractivity contribution in [1.82, 2.24) is 51.9 Å². The summed E-state index contributed by atoms with van der Waals surface area (Å²) in [7, 11) is 1.49. The SMILES string of the molecule is COc1ccc(C[C@H]2NC(=O)/C=C/C[C@@H]([C@H](C)[C@H]3O[C@@H]3c3ccc(CN4CCN(C(=O)OCc5ccc(NC(=O)[C@H](CCCNC(N)=O)NC(=O)C(NC(C)=O)C(C)C)cc5OCCOCCNC(=O)CCN5C(=O)C=CC5=O)CC4)cc3)OC(=O)[C@H](CC(C)C)NC(=O)C(C)(C)CNC2=O)cc1Cl. The average Bonchev–Trinajstić information content (AvgIpc) is 1.62. The van der Waals surface area contributed by atoms with Crippen LogP contribution in [0.4, 0.5) is 15.3 Å². The molecule has 0 aliphatic carbocycles. The maximum absolute atomic E-state index is 14.2. The van der Waals surface area contributed by atoms with Gasteiger partial charge in [-0.05, 0) is 92.0 Å². The minimum Gasteiger partial charge on any atom is -0.495 e. The maximum Gasteiger partial charge on any atom is 0.410 e. The Morgan fingerprint density at radius 2 is 1.50 bits per heavy atom. The van der Waals surface area contributed by atoms with E-state index in [2.05, 4.69) is 47.4 Å². The molecule has 104 heavy (non-hydrogen) atoms. The highest BCUT2D eigenvalue weighted by Crippen LogP contribution is 2.45. The molecule has 4 heterocycles. The number of hydrogen-bond acceptors (Lipinski definition) is 19. The van der Waals surface area contributed by atoms with Crippen LogP contribution in [-0.2, 0) is 86.5 Å². The zero-order valence-electron chi connectivity index (χ0n) is 60.4. The predicted molar refractivity (Wildman–Crippen MR) is 382 cm³/mol. The highest BCUT2D eigenvalue weighted by atomic mass is 35.5. The normalized spacial score (nSPS) is 20.6. The van der Waals surface area contributed by atoms with Gasteiger partial charge in [0.2, 0.25) is 41.4 Å². The number of nitrogens with two attached hydrogens (primary N) is 1. The first-order chi connectivity index (χ1) is 49.5. The van der Waals surface area contributed by atoms with E-state index in [4.69, 9.17) is 45.8 Å². The van der Waals surface area contributed by atoms with Gasteiger partial charge in [0.15, 0.2) is 0 Å². The zero-order valence-corrected chi connectivity index (χ0v) is 61.2. The summed E-state index contributed by atoms with van der Waals surface area (Å²) >= 11 is 6.42. The van der Waals surface area contributed by atoms with E-state index >= 15 is 0 Å². The number of ether oxygens (including phenoxy) is 6. The number of cyclic esters (lactones) is 1. The topological polar surface area (TPSA) is 395 Å². The third-order valence-corrected chi connectivity index (χ3v) is 18.2. The van der Waals surface area contributed by atoms with Gasteiger partial charge in [-0.15, -0.1) is 0 Å². The van der Waals surface area contributed by atoms with E-state index in [0.717, 1.165) is 28.2 Å². The summed E-state index contributed by atoms with van der Waals surface area (Å²) in [5.41, 5.74) is 7.34. The summed E-state index contributed by atoms with van der Waals surface area (Å²) in [5, 5.41) is 22.2. The van der Waals surface area contributed by atoms with E-state index in [1.54, 1.807) is 69.0 Å². The Hall–Kier alpha value is -9.65. The van der Waals surface area contributed by atoms with Gasteiger partial charge < -0.3 is 81.6 Å². The second-order valence-corrected chi connectivity index (χ2v) is 27.9. The second-order valence-electron chi connectivity index (χ2n) is 27.5. The maximum atomic E-state index is 14.2. The smallest absolute Gasteiger partial charge is 0.410 e. The van der Waals surface area contributed by atoms with Crippen LogP contribution in [0, 0.1) is 23.2 Å². The number of anilines is 1. The molecule has 0 bridgehead atoms. The van der Waals surface area contributed by atoms with Crippen LogP contribution in [0.2, 0.25) is 5.02 Å². The molecule has 2 fully saturated rings. The largest absolute Gasteiger partial charge is 0.495 e. The van der Waals surface area contributed by atoms with Gasteiger partial charge >= 0.3 is 18.1 Å². The molecule has 0 aromatic heterocycles. The molecule has 0 radical (unpaired) electrons. The fraction of sp³-hybridized carbons (Fsp3) is 0.534. The van der Waals surface area contributed by atoms with Crippen molar-refractivity contribution >= 4 is 88.5 Å². The van der Waals surface area contributed by atoms with Gasteiger partial charge in [0.05, 0.1) is 36.9 Å². The van der Waals surface area contributed by atoms with Gasteiger partial charge in [-0.1, -0.05) is 82.6 Å². The van der Waals surface area contributed by atoms with E-state index in [0.29, 0.717) is 54.6 Å². The average molecular weight is 1470 g/mol. The molecule has 31 heteroatoms. The van der Waals surface area contributed by atoms with Crippen molar-refractivity contribution in [2.75, 3.05) is 84.6 Å². The number of rotatable bonds is 32. The monoisotopic (exact) mass is 1470 g/mol. The highest BCUT2D eigenvalue weighted by molar-refractivity contribution is 6.32. The summed E-state index contributed by atoms with van der Waals surface area (Å²) in [4.78, 5) is 161. The molecule has 30 nitrogen and oxygen atoms in total. The number of urea groups is 1. The lowest BCUT2D eigenvalue weighted by molar-refractivity contribution is -0.157. The molecule has 3 aromatic carbocycles. The molecule has 0 saturated carbocycles. The van der Waals surface area contributed by atoms with Crippen molar-refractivity contribution in [2.24, 2.45) is 28.9 Å². The summed E-state index contributed by atoms with van der Waals surface area (Å²) in [6.07, 6.45) is 3.85. The number of amides is 12. The van der Waals surface area contributed by atoms with Crippen molar-refractivity contribution in [1.29, 1.82) is 0 Å². The molecule has 8 atom stereocenters. The zero-order chi connectivity index (χ0) is 75.8. The van der Waals surface area contributed by atoms with Crippen molar-refractivity contribution in [3.05, 3.63) is 112 Å². The van der Waals surface area contributed by atoms with E-state index in [-0.39, 0.29) is 138 Å². The lowest BCUT2D eigenvalue weighted by atomic mass is 9.90. The third-order valence-electron chi connectivity index (χ3n) is 17.9. The van der Waals surface area contributed by atoms with E-state index in [9.17, 15) is 57.5 Å². The second kappa shape index (κ2) is 39.3. The molecule has 7 rings (SSSR count). The van der Waals surface area contributed by atoms with Crippen LogP contribution in [0.3, 0.4) is 0 Å². The number of epoxide rings is 1. The van der Waals surface area contributed by atoms with Crippen LogP contribution < -0.4 is 57.7 Å². The number of methoxy groups -OCH3 is 1. The lowest BCUT2D eigenvalue weighted by Gasteiger charge is -2.34. The van der Waals surface area contributed by atoms with Crippen molar-refractivity contribution < 1.29 is 86.0 Å². The fourth-order valence-electron chi connectivity index (χ4n) is 11.8. The Morgan fingerprint density at radius 3 is 2.16 bits per heavy atom. The van der Waals surface area contributed by atoms with Gasteiger partial charge in [0.25, 0.3) is 11.8 Å². The van der Waals surface area contributed by atoms with Gasteiger partial charge in [-0.25, -0.2) is 14.4 Å². The summed E-state index contributed by atoms with van der Waals surface area (Å²) in [6.45, 7) is 16.2. The number of halogens is 1. The third kappa shape index (κ3) is 25.4. The minimum atomic E-state index is -1.18. The molecule has 0 spiro atoms. The van der Waals surface area contributed by atoms with E-state index < -0.39 is 101 Å². The van der Waals surface area contributed by atoms with Crippen LogP contribution in [0.15, 0.2) is 85.0 Å². The molecular weight excluding hydrogens is 1370 g/mol. The van der Waals surface area contributed by atoms with Gasteiger partial charge in [-0.2, -0.15) is 0 Å². The summed E-state index contributed by atoms with van der Waals surface area (Å²) in [6, 6.07) is 12.9. The highest BCUT2D eigenvalue weighted by Gasteiger charge is 2.48. The number of esters is 1. The number of carbonyl (C=O) groups excluding carboxylic acids is 12. The van der Waals surface area contributed by atoms with Crippen LogP contribution >= 0.6 is 11.6 Å². The minimum absolute atomic E-state index is 0.00779. The number of benzene rings is 3. The molecule has 10 N–H and O–H groups in total. The fourth-order valence-corrected chi connectivity index (χ4v) is 12.1. The molecule has 12 amide bonds. The molecule has 1 unspecified atom stereocenters. The van der Waals surface area contributed by atoms with Crippen molar-refractivity contribution in [2.45, 2.75) is 150 Å². The number of hydrogen-bond donors (Lipinski definition) is 9. The van der Waals surface area contributed by atoms with Crippen molar-refractivity contribution in [3.63, 3.8) is 0 Å². The Balaban J connectivity index is 0.948. The predicted octanol–water partition coefficient (Wildman–Crippen LogP) is 4.01. The number of nitrogens with zero attached hydrogens (tertiary/aromatic N) is 3. The number of nitrogens with one attached hydrogen (secondary N) is 8. The van der Waals surface area contributed by atoms with E-state index in [1.807, 2.05) is 45.0 Å². The molecular formula is C73H99ClN12O18. The molecule has 4 aliphatic heterocycles. The Morgan fingerprint density at radius 1 is 0.788 bits per heavy atom. The van der Waals surface area contributed by atoms with E-state index in [1.165, 1.54) is 26.2 Å².